The summed E-state index contributed by atoms with van der Waals surface area (Å²) in [6, 6.07) is 14.8. The van der Waals surface area contributed by atoms with Gasteiger partial charge in [0.15, 0.2) is 5.96 Å². The third-order valence-electron chi connectivity index (χ3n) is 4.60. The molecule has 0 saturated carbocycles. The highest BCUT2D eigenvalue weighted by Crippen LogP contribution is 2.21. The molecule has 0 amide bonds. The minimum absolute atomic E-state index is 0. The molecule has 0 aliphatic carbocycles. The van der Waals surface area contributed by atoms with Crippen molar-refractivity contribution < 1.29 is 8.42 Å². The molecule has 1 fully saturated rings. The monoisotopic (exact) mass is 514 g/mol. The molecule has 8 heteroatoms. The Bertz CT molecular complexity index is 908. The molecule has 2 aromatic carbocycles. The summed E-state index contributed by atoms with van der Waals surface area (Å²) in [5.74, 6) is 0.325. The average molecular weight is 514 g/mol. The van der Waals surface area contributed by atoms with E-state index in [0.717, 1.165) is 36.1 Å². The van der Waals surface area contributed by atoms with Crippen LogP contribution in [0.1, 0.15) is 30.4 Å². The minimum Gasteiger partial charge on any atom is -0.370 e. The number of aryl methyl sites for hydroxylation is 1. The van der Waals surface area contributed by atoms with Gasteiger partial charge in [-0.3, -0.25) is 0 Å². The molecule has 0 spiro atoms. The van der Waals surface area contributed by atoms with Crippen LogP contribution in [-0.4, -0.2) is 31.8 Å². The van der Waals surface area contributed by atoms with Crippen LogP contribution in [0, 0.1) is 6.92 Å². The van der Waals surface area contributed by atoms with Crippen molar-refractivity contribution >= 4 is 45.6 Å². The van der Waals surface area contributed by atoms with E-state index >= 15 is 0 Å². The predicted octanol–water partition coefficient (Wildman–Crippen LogP) is 3.71. The largest absolute Gasteiger partial charge is 0.370 e. The summed E-state index contributed by atoms with van der Waals surface area (Å²) in [4.78, 5) is 4.66. The quantitative estimate of drug-likeness (QED) is 0.362. The molecule has 0 aromatic heterocycles. The normalized spacial score (nSPS) is 15.7. The number of nitrogens with two attached hydrogens (primary N) is 1. The van der Waals surface area contributed by atoms with Crippen LogP contribution < -0.4 is 11.1 Å². The van der Waals surface area contributed by atoms with Crippen molar-refractivity contribution in [3.63, 3.8) is 0 Å². The number of nitrogens with zero attached hydrogens (tertiary/aromatic N) is 2. The Morgan fingerprint density at radius 1 is 1.11 bits per heavy atom. The Labute approximate surface area is 184 Å². The second kappa shape index (κ2) is 10.2. The van der Waals surface area contributed by atoms with E-state index in [1.165, 1.54) is 0 Å². The van der Waals surface area contributed by atoms with Gasteiger partial charge in [0, 0.05) is 18.8 Å². The molecule has 6 nitrogen and oxygen atoms in total. The van der Waals surface area contributed by atoms with Crippen molar-refractivity contribution in [2.45, 2.75) is 37.6 Å². The summed E-state index contributed by atoms with van der Waals surface area (Å²) in [7, 11) is -3.39. The van der Waals surface area contributed by atoms with Crippen LogP contribution in [0.15, 0.2) is 58.4 Å². The standard InChI is InChI=1S/C20H26N4O2S.HI/c1-16-6-5-7-18(14-16)23-20(21)22-15-17-8-10-19(11-9-17)27(25,26)24-12-3-2-4-13-24;/h5-11,14H,2-4,12-13,15H2,1H3,(H3,21,22,23);1H. The Morgan fingerprint density at radius 3 is 2.43 bits per heavy atom. The van der Waals surface area contributed by atoms with Gasteiger partial charge < -0.3 is 11.1 Å². The van der Waals surface area contributed by atoms with Gasteiger partial charge >= 0.3 is 0 Å². The van der Waals surface area contributed by atoms with E-state index in [-0.39, 0.29) is 24.0 Å². The minimum atomic E-state index is -3.39. The van der Waals surface area contributed by atoms with Gasteiger partial charge in [-0.2, -0.15) is 4.31 Å². The van der Waals surface area contributed by atoms with E-state index in [2.05, 4.69) is 10.3 Å². The number of nitrogens with one attached hydrogen (secondary N) is 1. The lowest BCUT2D eigenvalue weighted by molar-refractivity contribution is 0.346. The maximum absolute atomic E-state index is 12.7. The van der Waals surface area contributed by atoms with Crippen molar-refractivity contribution in [2.24, 2.45) is 10.7 Å². The first-order valence-electron chi connectivity index (χ1n) is 9.18. The highest BCUT2D eigenvalue weighted by atomic mass is 127. The molecule has 1 aliphatic rings. The molecule has 1 heterocycles. The second-order valence-electron chi connectivity index (χ2n) is 6.80. The summed E-state index contributed by atoms with van der Waals surface area (Å²) in [5, 5.41) is 3.06. The zero-order chi connectivity index (χ0) is 19.3. The molecule has 0 atom stereocenters. The van der Waals surface area contributed by atoms with E-state index in [1.807, 2.05) is 31.2 Å². The molecule has 1 aliphatic heterocycles. The fraction of sp³-hybridized carbons (Fsp3) is 0.350. The van der Waals surface area contributed by atoms with Gasteiger partial charge in [0.25, 0.3) is 0 Å². The lowest BCUT2D eigenvalue weighted by Crippen LogP contribution is -2.35. The van der Waals surface area contributed by atoms with Crippen molar-refractivity contribution in [1.82, 2.24) is 4.31 Å². The summed E-state index contributed by atoms with van der Waals surface area (Å²) < 4.78 is 26.9. The molecule has 152 valence electrons. The molecule has 3 rings (SSSR count). The third-order valence-corrected chi connectivity index (χ3v) is 6.51. The molecule has 0 bridgehead atoms. The molecule has 28 heavy (non-hydrogen) atoms. The number of hydrogen-bond donors (Lipinski definition) is 2. The maximum Gasteiger partial charge on any atom is 0.243 e. The summed E-state index contributed by atoms with van der Waals surface area (Å²) >= 11 is 0. The average Bonchev–Trinajstić information content (AvgIpc) is 2.67. The fourth-order valence-corrected chi connectivity index (χ4v) is 4.62. The summed E-state index contributed by atoms with van der Waals surface area (Å²) in [5.41, 5.74) is 8.87. The van der Waals surface area contributed by atoms with Crippen LogP contribution in [-0.2, 0) is 16.6 Å². The molecular formula is C20H27IN4O2S. The van der Waals surface area contributed by atoms with Gasteiger partial charge in [0.1, 0.15) is 0 Å². The van der Waals surface area contributed by atoms with Gasteiger partial charge in [-0.05, 0) is 55.2 Å². The van der Waals surface area contributed by atoms with Crippen LogP contribution in [0.2, 0.25) is 0 Å². The van der Waals surface area contributed by atoms with Gasteiger partial charge in [-0.1, -0.05) is 30.7 Å². The van der Waals surface area contributed by atoms with Gasteiger partial charge in [0.05, 0.1) is 11.4 Å². The molecule has 1 saturated heterocycles. The number of aliphatic imine (C=N–C) groups is 1. The lowest BCUT2D eigenvalue weighted by Gasteiger charge is -2.25. The second-order valence-corrected chi connectivity index (χ2v) is 8.74. The van der Waals surface area contributed by atoms with Gasteiger partial charge in [-0.25, -0.2) is 13.4 Å². The first kappa shape index (κ1) is 22.6. The van der Waals surface area contributed by atoms with Crippen LogP contribution in [0.3, 0.4) is 0 Å². The van der Waals surface area contributed by atoms with Crippen LogP contribution in [0.25, 0.3) is 0 Å². The van der Waals surface area contributed by atoms with Gasteiger partial charge in [-0.15, -0.1) is 24.0 Å². The Morgan fingerprint density at radius 2 is 1.79 bits per heavy atom. The maximum atomic E-state index is 12.7. The van der Waals surface area contributed by atoms with Crippen LogP contribution >= 0.6 is 24.0 Å². The van der Waals surface area contributed by atoms with E-state index in [0.29, 0.717) is 30.5 Å². The van der Waals surface area contributed by atoms with E-state index in [1.54, 1.807) is 28.6 Å². The Hall–Kier alpha value is -1.65. The number of sulfonamides is 1. The molecular weight excluding hydrogens is 487 g/mol. The number of benzene rings is 2. The first-order chi connectivity index (χ1) is 12.9. The zero-order valence-corrected chi connectivity index (χ0v) is 19.1. The Balaban J connectivity index is 0.00000280. The Kier molecular flexibility index (Phi) is 8.26. The number of guanidine groups is 1. The van der Waals surface area contributed by atoms with E-state index in [4.69, 9.17) is 5.73 Å². The lowest BCUT2D eigenvalue weighted by atomic mass is 10.2. The predicted molar refractivity (Wildman–Crippen MR) is 125 cm³/mol. The van der Waals surface area contributed by atoms with E-state index < -0.39 is 10.0 Å². The summed E-state index contributed by atoms with van der Waals surface area (Å²) in [6.45, 7) is 3.61. The number of piperidine rings is 1. The van der Waals surface area contributed by atoms with Crippen molar-refractivity contribution in [3.8, 4) is 0 Å². The number of hydrogen-bond acceptors (Lipinski definition) is 3. The number of halogens is 1. The van der Waals surface area contributed by atoms with Crippen molar-refractivity contribution in [2.75, 3.05) is 18.4 Å². The first-order valence-corrected chi connectivity index (χ1v) is 10.6. The highest BCUT2D eigenvalue weighted by molar-refractivity contribution is 14.0. The summed E-state index contributed by atoms with van der Waals surface area (Å²) in [6.07, 6.45) is 2.96. The van der Waals surface area contributed by atoms with Crippen molar-refractivity contribution in [3.05, 3.63) is 59.7 Å². The topological polar surface area (TPSA) is 87.8 Å². The third kappa shape index (κ3) is 5.92. The van der Waals surface area contributed by atoms with Crippen molar-refractivity contribution in [1.29, 1.82) is 0 Å². The zero-order valence-electron chi connectivity index (χ0n) is 16.0. The smallest absolute Gasteiger partial charge is 0.243 e. The number of anilines is 1. The SMILES string of the molecule is Cc1cccc(NC(N)=NCc2ccc(S(=O)(=O)N3CCCCC3)cc2)c1.I. The molecule has 0 radical (unpaired) electrons. The van der Waals surface area contributed by atoms with Gasteiger partial charge in [0.2, 0.25) is 10.0 Å². The van der Waals surface area contributed by atoms with E-state index in [9.17, 15) is 8.42 Å². The fourth-order valence-electron chi connectivity index (χ4n) is 3.11. The molecule has 0 unspecified atom stereocenters. The molecule has 2 aromatic rings. The van der Waals surface area contributed by atoms with Crippen LogP contribution in [0.5, 0.6) is 0 Å². The number of rotatable bonds is 5. The molecule has 3 N–H and O–H groups in total. The highest BCUT2D eigenvalue weighted by Gasteiger charge is 2.25. The van der Waals surface area contributed by atoms with Crippen LogP contribution in [0.4, 0.5) is 5.69 Å².